The smallest absolute Gasteiger partial charge is 1.00 e. The first-order chi connectivity index (χ1) is 3.45. The van der Waals surface area contributed by atoms with Crippen LogP contribution in [-0.4, -0.2) is 23.1 Å². The van der Waals surface area contributed by atoms with Crippen molar-refractivity contribution in [2.24, 2.45) is 5.92 Å². The van der Waals surface area contributed by atoms with Crippen LogP contribution >= 0.6 is 0 Å². The van der Waals surface area contributed by atoms with Gasteiger partial charge in [0, 0.05) is 0 Å². The van der Waals surface area contributed by atoms with Crippen molar-refractivity contribution < 1.29 is 24.0 Å². The third-order valence-corrected chi connectivity index (χ3v) is 1.96. The number of hydrogen-bond donors (Lipinski definition) is 0. The minimum absolute atomic E-state index is 0. The van der Waals surface area contributed by atoms with Crippen LogP contribution in [-0.2, 0) is 0 Å². The molecule has 0 N–H and O–H groups in total. The average Bonchev–Trinajstić information content (AvgIpc) is 2.22. The second-order valence-corrected chi connectivity index (χ2v) is 2.52. The zero-order valence-electron chi connectivity index (χ0n) is 5.44. The summed E-state index contributed by atoms with van der Waals surface area (Å²) in [6, 6.07) is 0. The van der Waals surface area contributed by atoms with Gasteiger partial charge in [0.2, 0.25) is 0 Å². The SMILES string of the molecule is C1=CC2CC[C-]1C2.[I-].[Mg+2]. The molecule has 0 aliphatic heterocycles. The number of fused-ring (bicyclic) bond motifs is 2. The summed E-state index contributed by atoms with van der Waals surface area (Å²) in [5, 5.41) is 0. The number of halogens is 1. The summed E-state index contributed by atoms with van der Waals surface area (Å²) in [7, 11) is 0. The van der Waals surface area contributed by atoms with Crippen molar-refractivity contribution in [3.8, 4) is 0 Å². The fourth-order valence-electron chi connectivity index (χ4n) is 1.50. The Bertz CT molecular complexity index is 99.5. The van der Waals surface area contributed by atoms with Gasteiger partial charge >= 0.3 is 23.1 Å². The van der Waals surface area contributed by atoms with Crippen LogP contribution in [0.3, 0.4) is 0 Å². The molecule has 1 atom stereocenters. The molecule has 0 radical (unpaired) electrons. The van der Waals surface area contributed by atoms with E-state index in [1.807, 2.05) is 0 Å². The minimum Gasteiger partial charge on any atom is -1.00 e. The second-order valence-electron chi connectivity index (χ2n) is 2.52. The molecule has 2 rings (SSSR count). The Hall–Kier alpha value is 1.11. The Kier molecular flexibility index (Phi) is 4.58. The van der Waals surface area contributed by atoms with Crippen molar-refractivity contribution in [3.05, 3.63) is 18.1 Å². The summed E-state index contributed by atoms with van der Waals surface area (Å²) in [6.45, 7) is 0. The largest absolute Gasteiger partial charge is 2.00 e. The summed E-state index contributed by atoms with van der Waals surface area (Å²) < 4.78 is 0. The summed E-state index contributed by atoms with van der Waals surface area (Å²) in [6.07, 6.45) is 8.86. The fraction of sp³-hybridized carbons (Fsp3) is 0.571. The van der Waals surface area contributed by atoms with E-state index in [2.05, 4.69) is 12.2 Å². The van der Waals surface area contributed by atoms with Gasteiger partial charge in [-0.25, -0.2) is 18.1 Å². The van der Waals surface area contributed by atoms with Crippen LogP contribution < -0.4 is 24.0 Å². The molecule has 0 nitrogen and oxygen atoms in total. The van der Waals surface area contributed by atoms with Gasteiger partial charge in [0.05, 0.1) is 0 Å². The van der Waals surface area contributed by atoms with Gasteiger partial charge in [-0.05, 0) is 0 Å². The van der Waals surface area contributed by atoms with E-state index < -0.39 is 0 Å². The minimum atomic E-state index is 0. The van der Waals surface area contributed by atoms with Crippen molar-refractivity contribution in [1.29, 1.82) is 0 Å². The molecule has 0 aromatic rings. The molecule has 0 saturated heterocycles. The van der Waals surface area contributed by atoms with E-state index in [1.54, 1.807) is 5.92 Å². The summed E-state index contributed by atoms with van der Waals surface area (Å²) in [4.78, 5) is 0. The molecular weight excluding hydrogens is 235 g/mol. The van der Waals surface area contributed by atoms with Gasteiger partial charge in [-0.1, -0.05) is 12.8 Å². The monoisotopic (exact) mass is 244 g/mol. The number of allylic oxidation sites excluding steroid dienone is 2. The standard InChI is InChI=1S/C7H9.HI.Mg/c1-2-7-4-3-6(1)5-7;;/h1-2,6H,3-5H2;1H;/q-1;;+2/p-1. The van der Waals surface area contributed by atoms with Gasteiger partial charge in [0.25, 0.3) is 0 Å². The van der Waals surface area contributed by atoms with Crippen LogP contribution in [0, 0.1) is 11.8 Å². The van der Waals surface area contributed by atoms with Crippen LogP contribution in [0.1, 0.15) is 19.3 Å². The first kappa shape index (κ1) is 10.1. The predicted molar refractivity (Wildman–Crippen MR) is 35.5 cm³/mol. The molecule has 1 unspecified atom stereocenters. The van der Waals surface area contributed by atoms with Gasteiger partial charge in [0.15, 0.2) is 0 Å². The predicted octanol–water partition coefficient (Wildman–Crippen LogP) is -1.45. The van der Waals surface area contributed by atoms with Crippen LogP contribution in [0.4, 0.5) is 0 Å². The van der Waals surface area contributed by atoms with Crippen LogP contribution in [0.2, 0.25) is 0 Å². The molecule has 46 valence electrons. The molecule has 0 heterocycles. The molecule has 0 spiro atoms. The fourth-order valence-corrected chi connectivity index (χ4v) is 1.50. The Morgan fingerprint density at radius 2 is 2.22 bits per heavy atom. The van der Waals surface area contributed by atoms with Crippen LogP contribution in [0.15, 0.2) is 12.2 Å². The first-order valence-electron chi connectivity index (χ1n) is 2.98. The zero-order chi connectivity index (χ0) is 4.69. The molecule has 0 aromatic heterocycles. The topological polar surface area (TPSA) is 0 Å². The molecule has 0 amide bonds. The molecule has 2 aliphatic rings. The van der Waals surface area contributed by atoms with Crippen molar-refractivity contribution in [1.82, 2.24) is 0 Å². The van der Waals surface area contributed by atoms with Crippen molar-refractivity contribution in [3.63, 3.8) is 0 Å². The van der Waals surface area contributed by atoms with E-state index in [0.29, 0.717) is 0 Å². The van der Waals surface area contributed by atoms with Gasteiger partial charge in [0.1, 0.15) is 0 Å². The summed E-state index contributed by atoms with van der Waals surface area (Å²) in [5.74, 6) is 2.64. The number of rotatable bonds is 0. The Morgan fingerprint density at radius 3 is 2.33 bits per heavy atom. The molecule has 1 fully saturated rings. The number of hydrogen-bond acceptors (Lipinski definition) is 0. The third kappa shape index (κ3) is 2.02. The average molecular weight is 244 g/mol. The summed E-state index contributed by atoms with van der Waals surface area (Å²) >= 11 is 0. The van der Waals surface area contributed by atoms with Gasteiger partial charge in [-0.15, -0.1) is 12.3 Å². The van der Waals surface area contributed by atoms with Gasteiger partial charge in [-0.3, -0.25) is 0 Å². The van der Waals surface area contributed by atoms with Crippen molar-refractivity contribution >= 4 is 23.1 Å². The van der Waals surface area contributed by atoms with E-state index in [-0.39, 0.29) is 47.0 Å². The van der Waals surface area contributed by atoms with Gasteiger partial charge < -0.3 is 24.0 Å². The maximum atomic E-state index is 2.35. The van der Waals surface area contributed by atoms with Crippen LogP contribution in [0.25, 0.3) is 0 Å². The van der Waals surface area contributed by atoms with E-state index in [1.165, 1.54) is 19.3 Å². The van der Waals surface area contributed by atoms with Crippen LogP contribution in [0.5, 0.6) is 0 Å². The van der Waals surface area contributed by atoms with Gasteiger partial charge in [-0.2, -0.15) is 0 Å². The maximum Gasteiger partial charge on any atom is 2.00 e. The van der Waals surface area contributed by atoms with E-state index >= 15 is 0 Å². The van der Waals surface area contributed by atoms with E-state index in [9.17, 15) is 0 Å². The Balaban J connectivity index is 0.000000320. The molecule has 2 heteroatoms. The normalized spacial score (nSPS) is 27.6. The van der Waals surface area contributed by atoms with E-state index in [4.69, 9.17) is 0 Å². The first-order valence-corrected chi connectivity index (χ1v) is 2.98. The molecule has 2 aliphatic carbocycles. The molecular formula is C7H9IMg. The molecule has 0 aromatic carbocycles. The van der Waals surface area contributed by atoms with Crippen molar-refractivity contribution in [2.45, 2.75) is 19.3 Å². The maximum absolute atomic E-state index is 2.35. The van der Waals surface area contributed by atoms with E-state index in [0.717, 1.165) is 5.92 Å². The zero-order valence-corrected chi connectivity index (χ0v) is 9.01. The van der Waals surface area contributed by atoms with Crippen molar-refractivity contribution in [2.75, 3.05) is 0 Å². The Morgan fingerprint density at radius 1 is 1.44 bits per heavy atom. The molecule has 9 heavy (non-hydrogen) atoms. The molecule has 1 saturated carbocycles. The molecule has 2 bridgehead atoms. The summed E-state index contributed by atoms with van der Waals surface area (Å²) in [5.41, 5.74) is 0. The Labute approximate surface area is 89.6 Å². The second kappa shape index (κ2) is 4.08. The third-order valence-electron chi connectivity index (χ3n) is 1.96. The quantitative estimate of drug-likeness (QED) is 0.278.